The first-order valence-electron chi connectivity index (χ1n) is 10.2. The molecular formula is C27H32. The molecule has 0 fully saturated rings. The number of hydrogen-bond acceptors (Lipinski definition) is 0. The van der Waals surface area contributed by atoms with Crippen molar-refractivity contribution in [3.8, 4) is 11.1 Å². The maximum absolute atomic E-state index is 2.50. The van der Waals surface area contributed by atoms with Crippen LogP contribution in [0.1, 0.15) is 82.2 Å². The summed E-state index contributed by atoms with van der Waals surface area (Å²) in [5, 5.41) is 0. The lowest BCUT2D eigenvalue weighted by atomic mass is 9.78. The van der Waals surface area contributed by atoms with Gasteiger partial charge in [-0.05, 0) is 63.1 Å². The second kappa shape index (κ2) is 5.96. The second-order valence-electron chi connectivity index (χ2n) is 10.4. The van der Waals surface area contributed by atoms with E-state index in [-0.39, 0.29) is 10.8 Å². The molecule has 2 aliphatic rings. The minimum absolute atomic E-state index is 0.132. The van der Waals surface area contributed by atoms with Gasteiger partial charge < -0.3 is 0 Å². The zero-order chi connectivity index (χ0) is 19.6. The number of benzene rings is 2. The molecule has 2 aromatic carbocycles. The van der Waals surface area contributed by atoms with Crippen LogP contribution in [0.25, 0.3) is 11.1 Å². The Morgan fingerprint density at radius 3 is 2.11 bits per heavy atom. The van der Waals surface area contributed by atoms with Crippen molar-refractivity contribution in [1.82, 2.24) is 0 Å². The van der Waals surface area contributed by atoms with E-state index in [1.807, 2.05) is 0 Å². The average molecular weight is 357 g/mol. The highest BCUT2D eigenvalue weighted by molar-refractivity contribution is 5.79. The Labute approximate surface area is 165 Å². The molecule has 0 nitrogen and oxygen atoms in total. The van der Waals surface area contributed by atoms with Gasteiger partial charge in [-0.2, -0.15) is 0 Å². The van der Waals surface area contributed by atoms with E-state index in [0.717, 1.165) is 6.42 Å². The molecule has 0 heterocycles. The van der Waals surface area contributed by atoms with Crippen LogP contribution in [0.15, 0.2) is 54.1 Å². The molecule has 4 rings (SSSR count). The normalized spacial score (nSPS) is 18.5. The summed E-state index contributed by atoms with van der Waals surface area (Å²) in [5.74, 6) is 0.415. The van der Waals surface area contributed by atoms with Gasteiger partial charge in [0.05, 0.1) is 0 Å². The Morgan fingerprint density at radius 2 is 1.52 bits per heavy atom. The van der Waals surface area contributed by atoms with Gasteiger partial charge in [0.25, 0.3) is 0 Å². The van der Waals surface area contributed by atoms with Crippen molar-refractivity contribution in [3.05, 3.63) is 82.0 Å². The number of rotatable bonds is 1. The van der Waals surface area contributed by atoms with Gasteiger partial charge in [-0.15, -0.1) is 0 Å². The van der Waals surface area contributed by atoms with Crippen molar-refractivity contribution in [2.24, 2.45) is 0 Å². The third-order valence-corrected chi connectivity index (χ3v) is 6.10. The zero-order valence-electron chi connectivity index (χ0n) is 17.9. The van der Waals surface area contributed by atoms with Crippen molar-refractivity contribution in [3.63, 3.8) is 0 Å². The Kier molecular flexibility index (Phi) is 4.04. The van der Waals surface area contributed by atoms with Gasteiger partial charge in [0.1, 0.15) is 0 Å². The highest BCUT2D eigenvalue weighted by atomic mass is 14.3. The summed E-state index contributed by atoms with van der Waals surface area (Å²) in [6, 6.07) is 12.1. The summed E-state index contributed by atoms with van der Waals surface area (Å²) in [7, 11) is 0. The number of hydrogen-bond donors (Lipinski definition) is 0. The summed E-state index contributed by atoms with van der Waals surface area (Å²) >= 11 is 0. The first-order valence-corrected chi connectivity index (χ1v) is 10.2. The van der Waals surface area contributed by atoms with Gasteiger partial charge in [-0.1, -0.05) is 95.7 Å². The Morgan fingerprint density at radius 1 is 0.815 bits per heavy atom. The molecule has 2 aromatic rings. The van der Waals surface area contributed by atoms with E-state index >= 15 is 0 Å². The molecule has 27 heavy (non-hydrogen) atoms. The highest BCUT2D eigenvalue weighted by Gasteiger charge is 2.28. The molecule has 0 saturated carbocycles. The molecule has 1 unspecified atom stereocenters. The number of allylic oxidation sites excluding steroid dienone is 4. The monoisotopic (exact) mass is 356 g/mol. The maximum Gasteiger partial charge on any atom is 0.0210 e. The average Bonchev–Trinajstić information content (AvgIpc) is 3.14. The van der Waals surface area contributed by atoms with E-state index in [2.05, 4.69) is 97.0 Å². The molecule has 0 saturated heterocycles. The fourth-order valence-electron chi connectivity index (χ4n) is 4.48. The van der Waals surface area contributed by atoms with Crippen molar-refractivity contribution in [1.29, 1.82) is 0 Å². The van der Waals surface area contributed by atoms with Crippen LogP contribution in [0, 0.1) is 0 Å². The van der Waals surface area contributed by atoms with Crippen LogP contribution < -0.4 is 0 Å². The lowest BCUT2D eigenvalue weighted by Crippen LogP contribution is -2.16. The molecule has 140 valence electrons. The minimum atomic E-state index is 0.132. The van der Waals surface area contributed by atoms with Crippen molar-refractivity contribution in [2.45, 2.75) is 71.6 Å². The predicted molar refractivity (Wildman–Crippen MR) is 118 cm³/mol. The predicted octanol–water partition coefficient (Wildman–Crippen LogP) is 7.45. The molecular weight excluding hydrogens is 324 g/mol. The molecule has 0 aromatic heterocycles. The fourth-order valence-corrected chi connectivity index (χ4v) is 4.48. The maximum atomic E-state index is 2.50. The lowest BCUT2D eigenvalue weighted by molar-refractivity contribution is 0.582. The van der Waals surface area contributed by atoms with Crippen LogP contribution in [-0.2, 0) is 17.3 Å². The minimum Gasteiger partial charge on any atom is -0.0730 e. The van der Waals surface area contributed by atoms with Gasteiger partial charge in [-0.25, -0.2) is 0 Å². The van der Waals surface area contributed by atoms with Crippen LogP contribution in [-0.4, -0.2) is 0 Å². The first kappa shape index (κ1) is 18.3. The third-order valence-electron chi connectivity index (χ3n) is 6.10. The Balaban J connectivity index is 1.90. The van der Waals surface area contributed by atoms with Crippen LogP contribution in [0.2, 0.25) is 0 Å². The van der Waals surface area contributed by atoms with Gasteiger partial charge in [0.2, 0.25) is 0 Å². The molecule has 0 radical (unpaired) electrons. The van der Waals surface area contributed by atoms with Gasteiger partial charge >= 0.3 is 0 Å². The first-order chi connectivity index (χ1) is 12.5. The van der Waals surface area contributed by atoms with Crippen LogP contribution >= 0.6 is 0 Å². The van der Waals surface area contributed by atoms with E-state index < -0.39 is 0 Å². The smallest absolute Gasteiger partial charge is 0.0210 e. The molecule has 0 amide bonds. The van der Waals surface area contributed by atoms with Crippen molar-refractivity contribution >= 4 is 0 Å². The standard InChI is InChI=1S/C27H32/c1-17-8-9-18(12-17)24-14-20-13-19-10-11-21(26(2,3)4)15-22(19)23(20)16-25(24)27(5,6)7/h8-12,14-16,18H,13H2,1-7H3. The quantitative estimate of drug-likeness (QED) is 0.424. The van der Waals surface area contributed by atoms with E-state index in [9.17, 15) is 0 Å². The van der Waals surface area contributed by atoms with Crippen molar-refractivity contribution < 1.29 is 0 Å². The number of fused-ring (bicyclic) bond motifs is 3. The van der Waals surface area contributed by atoms with E-state index in [1.54, 1.807) is 0 Å². The fraction of sp³-hybridized carbons (Fsp3) is 0.407. The molecule has 1 atom stereocenters. The molecule has 0 bridgehead atoms. The van der Waals surface area contributed by atoms with Gasteiger partial charge in [0, 0.05) is 5.92 Å². The molecule has 0 aliphatic heterocycles. The SMILES string of the molecule is CC1=CC(c2cc3c(cc2C(C)(C)C)-c2cc(C(C)(C)C)ccc2C3)C=C1. The Hall–Kier alpha value is -2.08. The third kappa shape index (κ3) is 3.20. The summed E-state index contributed by atoms with van der Waals surface area (Å²) in [4.78, 5) is 0. The summed E-state index contributed by atoms with van der Waals surface area (Å²) in [6.07, 6.45) is 8.07. The zero-order valence-corrected chi connectivity index (χ0v) is 17.9. The largest absolute Gasteiger partial charge is 0.0730 e. The van der Waals surface area contributed by atoms with Crippen molar-refractivity contribution in [2.75, 3.05) is 0 Å². The molecule has 0 spiro atoms. The Bertz CT molecular complexity index is 968. The van der Waals surface area contributed by atoms with Crippen LogP contribution in [0.3, 0.4) is 0 Å². The molecule has 0 heteroatoms. The van der Waals surface area contributed by atoms with E-state index in [0.29, 0.717) is 5.92 Å². The van der Waals surface area contributed by atoms with Crippen LogP contribution in [0.4, 0.5) is 0 Å². The van der Waals surface area contributed by atoms with Gasteiger partial charge in [0.15, 0.2) is 0 Å². The highest BCUT2D eigenvalue weighted by Crippen LogP contribution is 2.44. The molecule has 0 N–H and O–H groups in total. The molecule has 2 aliphatic carbocycles. The summed E-state index contributed by atoms with van der Waals surface area (Å²) in [5.41, 5.74) is 11.9. The summed E-state index contributed by atoms with van der Waals surface area (Å²) in [6.45, 7) is 16.1. The second-order valence-corrected chi connectivity index (χ2v) is 10.4. The lowest BCUT2D eigenvalue weighted by Gasteiger charge is -2.26. The van der Waals surface area contributed by atoms with E-state index in [1.165, 1.54) is 44.5 Å². The topological polar surface area (TPSA) is 0 Å². The van der Waals surface area contributed by atoms with Crippen LogP contribution in [0.5, 0.6) is 0 Å². The summed E-state index contributed by atoms with van der Waals surface area (Å²) < 4.78 is 0. The van der Waals surface area contributed by atoms with E-state index in [4.69, 9.17) is 0 Å². The van der Waals surface area contributed by atoms with Gasteiger partial charge in [-0.3, -0.25) is 0 Å².